The maximum absolute atomic E-state index is 12.9. The summed E-state index contributed by atoms with van der Waals surface area (Å²) in [5, 5.41) is 0. The van der Waals surface area contributed by atoms with E-state index in [1.807, 2.05) is 48.5 Å². The predicted octanol–water partition coefficient (Wildman–Crippen LogP) is 1.86. The lowest BCUT2D eigenvalue weighted by Gasteiger charge is -2.51. The van der Waals surface area contributed by atoms with Gasteiger partial charge in [-0.1, -0.05) is 48.5 Å². The summed E-state index contributed by atoms with van der Waals surface area (Å²) in [6, 6.07) is 15.5. The van der Waals surface area contributed by atoms with Crippen LogP contribution in [0.1, 0.15) is 28.2 Å². The van der Waals surface area contributed by atoms with E-state index < -0.39 is 17.3 Å². The van der Waals surface area contributed by atoms with Crippen LogP contribution in [0.4, 0.5) is 0 Å². The number of hydrogen-bond acceptors (Lipinski definition) is 3. The third-order valence-electron chi connectivity index (χ3n) is 6.09. The molecule has 0 radical (unpaired) electrons. The normalized spacial score (nSPS) is 32.4. The van der Waals surface area contributed by atoms with Gasteiger partial charge in [0.2, 0.25) is 11.8 Å². The fourth-order valence-corrected chi connectivity index (χ4v) is 5.17. The Labute approximate surface area is 139 Å². The van der Waals surface area contributed by atoms with Gasteiger partial charge in [-0.25, -0.2) is 0 Å². The lowest BCUT2D eigenvalue weighted by molar-refractivity contribution is -0.139. The number of benzene rings is 2. The molecule has 4 aliphatic rings. The molecule has 6 rings (SSSR count). The number of carbonyl (C=O) groups is 3. The van der Waals surface area contributed by atoms with E-state index in [2.05, 4.69) is 0 Å². The van der Waals surface area contributed by atoms with Crippen LogP contribution in [0.2, 0.25) is 0 Å². The molecule has 2 amide bonds. The van der Waals surface area contributed by atoms with Gasteiger partial charge in [-0.15, -0.1) is 0 Å². The first-order valence-electron chi connectivity index (χ1n) is 8.09. The van der Waals surface area contributed by atoms with E-state index >= 15 is 0 Å². The molecule has 2 bridgehead atoms. The number of carbonyl (C=O) groups excluding carboxylic acids is 3. The molecule has 1 aliphatic heterocycles. The summed E-state index contributed by atoms with van der Waals surface area (Å²) in [5.74, 6) is -1.71. The number of nitrogens with zero attached hydrogens (tertiary/aromatic N) is 1. The molecule has 0 N–H and O–H groups in total. The van der Waals surface area contributed by atoms with Crippen LogP contribution in [-0.4, -0.2) is 30.0 Å². The molecule has 1 fully saturated rings. The quantitative estimate of drug-likeness (QED) is 0.596. The highest BCUT2D eigenvalue weighted by Gasteiger charge is 2.67. The zero-order valence-corrected chi connectivity index (χ0v) is 13.1. The number of likely N-dealkylation sites (tertiary alicyclic amines) is 1. The van der Waals surface area contributed by atoms with Gasteiger partial charge in [0, 0.05) is 13.0 Å². The maximum Gasteiger partial charge on any atom is 0.234 e. The molecule has 4 nitrogen and oxygen atoms in total. The van der Waals surface area contributed by atoms with Gasteiger partial charge in [-0.05, 0) is 22.3 Å². The van der Waals surface area contributed by atoms with Gasteiger partial charge >= 0.3 is 0 Å². The second-order valence-corrected chi connectivity index (χ2v) is 6.88. The summed E-state index contributed by atoms with van der Waals surface area (Å²) in [7, 11) is 1.52. The van der Waals surface area contributed by atoms with Crippen molar-refractivity contribution >= 4 is 18.1 Å². The molecule has 1 saturated heterocycles. The van der Waals surface area contributed by atoms with Crippen LogP contribution < -0.4 is 0 Å². The highest BCUT2D eigenvalue weighted by molar-refractivity contribution is 6.10. The number of amides is 2. The summed E-state index contributed by atoms with van der Waals surface area (Å²) in [6.07, 6.45) is 0.891. The minimum Gasteiger partial charge on any atom is -0.302 e. The Morgan fingerprint density at radius 3 is 2.00 bits per heavy atom. The van der Waals surface area contributed by atoms with Crippen molar-refractivity contribution in [2.45, 2.75) is 11.3 Å². The Balaban J connectivity index is 1.96. The van der Waals surface area contributed by atoms with E-state index in [4.69, 9.17) is 0 Å². The Morgan fingerprint density at radius 1 is 0.917 bits per heavy atom. The van der Waals surface area contributed by atoms with Crippen molar-refractivity contribution in [1.29, 1.82) is 0 Å². The third-order valence-corrected chi connectivity index (χ3v) is 6.09. The molecular weight excluding hydrogens is 302 g/mol. The highest BCUT2D eigenvalue weighted by Crippen LogP contribution is 2.62. The van der Waals surface area contributed by atoms with E-state index in [0.29, 0.717) is 0 Å². The van der Waals surface area contributed by atoms with E-state index in [1.54, 1.807) is 0 Å². The summed E-state index contributed by atoms with van der Waals surface area (Å²) in [6.45, 7) is 0. The van der Waals surface area contributed by atoms with E-state index in [0.717, 1.165) is 28.5 Å². The van der Waals surface area contributed by atoms with E-state index in [9.17, 15) is 14.4 Å². The van der Waals surface area contributed by atoms with Gasteiger partial charge in [-0.2, -0.15) is 0 Å². The Kier molecular flexibility index (Phi) is 2.39. The van der Waals surface area contributed by atoms with Crippen molar-refractivity contribution in [1.82, 2.24) is 4.90 Å². The number of imide groups is 1. The smallest absolute Gasteiger partial charge is 0.234 e. The first kappa shape index (κ1) is 13.7. The molecular formula is C20H15NO3. The Hall–Kier alpha value is -2.75. The monoisotopic (exact) mass is 317 g/mol. The lowest BCUT2D eigenvalue weighted by atomic mass is 9.48. The van der Waals surface area contributed by atoms with Crippen molar-refractivity contribution in [3.8, 4) is 0 Å². The molecule has 1 heterocycles. The molecule has 0 aromatic heterocycles. The van der Waals surface area contributed by atoms with Crippen LogP contribution in [-0.2, 0) is 19.8 Å². The fourth-order valence-electron chi connectivity index (χ4n) is 5.17. The average molecular weight is 317 g/mol. The lowest BCUT2D eigenvalue weighted by Crippen LogP contribution is -2.54. The summed E-state index contributed by atoms with van der Waals surface area (Å²) < 4.78 is 0. The molecule has 2 aromatic rings. The topological polar surface area (TPSA) is 54.5 Å². The van der Waals surface area contributed by atoms with Crippen LogP contribution in [0.3, 0.4) is 0 Å². The van der Waals surface area contributed by atoms with Crippen LogP contribution in [0.5, 0.6) is 0 Å². The van der Waals surface area contributed by atoms with Crippen LogP contribution >= 0.6 is 0 Å². The molecule has 2 aromatic carbocycles. The molecule has 0 unspecified atom stereocenters. The number of rotatable bonds is 1. The largest absolute Gasteiger partial charge is 0.302 e. The van der Waals surface area contributed by atoms with E-state index in [1.165, 1.54) is 11.9 Å². The van der Waals surface area contributed by atoms with Crippen LogP contribution in [0.15, 0.2) is 48.5 Å². The summed E-state index contributed by atoms with van der Waals surface area (Å²) >= 11 is 0. The number of hydrogen-bond donors (Lipinski definition) is 0. The van der Waals surface area contributed by atoms with Crippen molar-refractivity contribution in [2.75, 3.05) is 7.05 Å². The predicted molar refractivity (Wildman–Crippen MR) is 86.3 cm³/mol. The van der Waals surface area contributed by atoms with Crippen LogP contribution in [0, 0.1) is 11.8 Å². The SMILES string of the molecule is CN1C(=O)[C@H]2C3c4ccccc4C(C=O)(c4ccccc43)[C@H]2C1=O. The molecule has 0 spiro atoms. The fraction of sp³-hybridized carbons (Fsp3) is 0.250. The minimum atomic E-state index is -1.07. The van der Waals surface area contributed by atoms with Crippen molar-refractivity contribution in [2.24, 2.45) is 11.8 Å². The molecule has 118 valence electrons. The Morgan fingerprint density at radius 2 is 1.46 bits per heavy atom. The highest BCUT2D eigenvalue weighted by atomic mass is 16.2. The summed E-state index contributed by atoms with van der Waals surface area (Å²) in [4.78, 5) is 39.4. The van der Waals surface area contributed by atoms with Crippen molar-refractivity contribution < 1.29 is 14.4 Å². The van der Waals surface area contributed by atoms with Gasteiger partial charge in [0.25, 0.3) is 0 Å². The van der Waals surface area contributed by atoms with Crippen LogP contribution in [0.25, 0.3) is 0 Å². The second kappa shape index (κ2) is 4.20. The van der Waals surface area contributed by atoms with Gasteiger partial charge in [-0.3, -0.25) is 14.5 Å². The molecule has 3 aliphatic carbocycles. The number of aldehydes is 1. The average Bonchev–Trinajstić information content (AvgIpc) is 2.87. The van der Waals surface area contributed by atoms with E-state index in [-0.39, 0.29) is 17.7 Å². The standard InChI is InChI=1S/C20H15NO3/c1-21-18(23)16-15-11-6-2-4-8-13(11)20(10-22,17(16)19(21)24)14-9-5-3-7-12(14)15/h2-10,15-17H,1H3/t15?,16-,17+,20?/m0/s1. The Bertz CT molecular complexity index is 884. The minimum absolute atomic E-state index is 0.161. The van der Waals surface area contributed by atoms with Gasteiger partial charge in [0.1, 0.15) is 6.29 Å². The van der Waals surface area contributed by atoms with Gasteiger partial charge in [0.15, 0.2) is 0 Å². The zero-order chi connectivity index (χ0) is 16.6. The molecule has 24 heavy (non-hydrogen) atoms. The van der Waals surface area contributed by atoms with Crippen molar-refractivity contribution in [3.05, 3.63) is 70.8 Å². The molecule has 2 atom stereocenters. The third kappa shape index (κ3) is 1.23. The zero-order valence-electron chi connectivity index (χ0n) is 13.1. The van der Waals surface area contributed by atoms with Gasteiger partial charge in [0.05, 0.1) is 17.3 Å². The summed E-state index contributed by atoms with van der Waals surface area (Å²) in [5.41, 5.74) is 2.69. The maximum atomic E-state index is 12.9. The molecule has 0 saturated carbocycles. The first-order valence-corrected chi connectivity index (χ1v) is 8.09. The van der Waals surface area contributed by atoms with Gasteiger partial charge < -0.3 is 4.79 Å². The first-order chi connectivity index (χ1) is 11.6. The molecule has 4 heteroatoms. The second-order valence-electron chi connectivity index (χ2n) is 6.88. The van der Waals surface area contributed by atoms with Crippen molar-refractivity contribution in [3.63, 3.8) is 0 Å².